The molecule has 54 heavy (non-hydrogen) atoms. The molecule has 2 aromatic heterocycles. The van der Waals surface area contributed by atoms with Gasteiger partial charge in [0.1, 0.15) is 42.6 Å². The maximum atomic E-state index is 12.3. The Labute approximate surface area is 315 Å². The largest absolute Gasteiger partial charge is 0.488 e. The van der Waals surface area contributed by atoms with E-state index >= 15 is 0 Å². The average Bonchev–Trinajstić information content (AvgIpc) is 3.98. The number of fused-ring (bicyclic) bond motifs is 4. The second-order valence-corrected chi connectivity index (χ2v) is 14.1. The number of likely N-dealkylation sites (tertiary alicyclic amines) is 1. The lowest BCUT2D eigenvalue weighted by molar-refractivity contribution is -0.130. The zero-order valence-electron chi connectivity index (χ0n) is 31.6. The number of methoxy groups -OCH3 is 1. The highest BCUT2D eigenvalue weighted by atomic mass is 16.5. The summed E-state index contributed by atoms with van der Waals surface area (Å²) in [5, 5.41) is 2.39. The van der Waals surface area contributed by atoms with Crippen molar-refractivity contribution in [2.75, 3.05) is 47.0 Å². The van der Waals surface area contributed by atoms with E-state index in [1.54, 1.807) is 0 Å². The van der Waals surface area contributed by atoms with Gasteiger partial charge in [0.25, 0.3) is 0 Å². The molecule has 5 N–H and O–H groups in total. The van der Waals surface area contributed by atoms with E-state index in [1.165, 1.54) is 7.11 Å². The van der Waals surface area contributed by atoms with Gasteiger partial charge in [-0.3, -0.25) is 9.69 Å². The predicted molar refractivity (Wildman–Crippen MR) is 205 cm³/mol. The number of aromatic nitrogens is 4. The van der Waals surface area contributed by atoms with Crippen LogP contribution in [0, 0.1) is 5.92 Å². The maximum Gasteiger partial charge on any atom is 0.407 e. The summed E-state index contributed by atoms with van der Waals surface area (Å²) >= 11 is 0. The van der Waals surface area contributed by atoms with Crippen LogP contribution in [0.2, 0.25) is 0 Å². The summed E-state index contributed by atoms with van der Waals surface area (Å²) in [5.41, 5.74) is 14.0. The van der Waals surface area contributed by atoms with Gasteiger partial charge < -0.3 is 44.9 Å². The molecular weight excluding hydrogens is 688 g/mol. The van der Waals surface area contributed by atoms with Gasteiger partial charge in [-0.2, -0.15) is 0 Å². The number of hydrogen-bond acceptors (Lipinski definition) is 10. The molecule has 5 heterocycles. The normalized spacial score (nSPS) is 16.4. The second kappa shape index (κ2) is 17.1. The topological polar surface area (TPSA) is 181 Å². The minimum absolute atomic E-state index is 0.0156. The molecule has 3 aliphatic rings. The smallest absolute Gasteiger partial charge is 0.407 e. The summed E-state index contributed by atoms with van der Waals surface area (Å²) in [4.78, 5) is 53.4. The van der Waals surface area contributed by atoms with Crippen molar-refractivity contribution < 1.29 is 28.6 Å². The number of alkyl carbamates (subject to hydrolysis) is 1. The van der Waals surface area contributed by atoms with Crippen molar-refractivity contribution in [2.45, 2.75) is 58.7 Å². The first-order valence-electron chi connectivity index (χ1n) is 18.5. The highest BCUT2D eigenvalue weighted by molar-refractivity contribution is 5.98. The standard InChI is InChI=1S/C33H37N7O3.C7H13NO3/c1-3-10-39(2)17-31-35-15-26(37-31)20-6-8-22-24-19-43-30-13-21(7-9-23(30)25(24)18-42-29(22)12-20)27-16-36-33(38-27)28-5-4-11-40(28)32(41)14-34;1-5(2)6(4-9)8-7(10)11-3/h6-9,12-13,15-16,28H,3-5,10-11,14,17-19,34H2,1-2H3,(H,35,37)(H,36,38);4-6H,1-3H3,(H,8,10). The lowest BCUT2D eigenvalue weighted by Crippen LogP contribution is -2.39. The molecule has 2 amide bonds. The molecule has 286 valence electrons. The van der Waals surface area contributed by atoms with Crippen molar-refractivity contribution in [3.63, 3.8) is 0 Å². The van der Waals surface area contributed by atoms with Gasteiger partial charge in [0.2, 0.25) is 5.91 Å². The third-order valence-corrected chi connectivity index (χ3v) is 9.99. The molecule has 0 aliphatic carbocycles. The summed E-state index contributed by atoms with van der Waals surface area (Å²) in [6.07, 6.45) is 6.79. The molecule has 4 aromatic rings. The Morgan fingerprint density at radius 2 is 1.67 bits per heavy atom. The summed E-state index contributed by atoms with van der Waals surface area (Å²) in [7, 11) is 3.37. The van der Waals surface area contributed by atoms with Crippen LogP contribution in [0.25, 0.3) is 33.7 Å². The van der Waals surface area contributed by atoms with Crippen molar-refractivity contribution in [1.82, 2.24) is 35.1 Å². The van der Waals surface area contributed by atoms with Gasteiger partial charge >= 0.3 is 6.09 Å². The van der Waals surface area contributed by atoms with E-state index in [9.17, 15) is 14.4 Å². The summed E-state index contributed by atoms with van der Waals surface area (Å²) < 4.78 is 17.0. The molecule has 2 unspecified atom stereocenters. The summed E-state index contributed by atoms with van der Waals surface area (Å²) in [5.74, 6) is 3.49. The summed E-state index contributed by atoms with van der Waals surface area (Å²) in [6, 6.07) is 12.1. The Balaban J connectivity index is 0.000000395. The Morgan fingerprint density at radius 1 is 1.04 bits per heavy atom. The number of nitrogens with two attached hydrogens (primary N) is 1. The molecule has 2 atom stereocenters. The Morgan fingerprint density at radius 3 is 2.24 bits per heavy atom. The summed E-state index contributed by atoms with van der Waals surface area (Å²) in [6.45, 7) is 9.39. The van der Waals surface area contributed by atoms with E-state index in [4.69, 9.17) is 15.2 Å². The minimum Gasteiger partial charge on any atom is -0.488 e. The van der Waals surface area contributed by atoms with Crippen LogP contribution in [-0.4, -0.2) is 101 Å². The van der Waals surface area contributed by atoms with E-state index in [0.717, 1.165) is 100 Å². The number of rotatable bonds is 11. The van der Waals surface area contributed by atoms with Gasteiger partial charge in [-0.15, -0.1) is 0 Å². The van der Waals surface area contributed by atoms with Crippen molar-refractivity contribution >= 4 is 29.4 Å². The predicted octanol–water partition coefficient (Wildman–Crippen LogP) is 5.19. The third-order valence-electron chi connectivity index (χ3n) is 9.99. The van der Waals surface area contributed by atoms with Gasteiger partial charge in [0, 0.05) is 39.9 Å². The van der Waals surface area contributed by atoms with Crippen molar-refractivity contribution in [2.24, 2.45) is 11.7 Å². The van der Waals surface area contributed by atoms with Crippen LogP contribution in [0.15, 0.2) is 48.8 Å². The molecule has 7 rings (SSSR count). The van der Waals surface area contributed by atoms with Gasteiger partial charge in [0.15, 0.2) is 0 Å². The molecule has 0 spiro atoms. The Bertz CT molecular complexity index is 2000. The van der Waals surface area contributed by atoms with Gasteiger partial charge in [0.05, 0.1) is 56.1 Å². The number of hydrogen-bond donors (Lipinski definition) is 4. The highest BCUT2D eigenvalue weighted by Gasteiger charge is 2.32. The van der Waals surface area contributed by atoms with Crippen LogP contribution >= 0.6 is 0 Å². The molecule has 2 aromatic carbocycles. The fourth-order valence-electron chi connectivity index (χ4n) is 7.05. The lowest BCUT2D eigenvalue weighted by atomic mass is 9.89. The maximum absolute atomic E-state index is 12.3. The number of aldehydes is 1. The zero-order chi connectivity index (χ0) is 38.4. The molecule has 0 radical (unpaired) electrons. The van der Waals surface area contributed by atoms with Crippen LogP contribution < -0.4 is 20.5 Å². The fourth-order valence-corrected chi connectivity index (χ4v) is 7.05. The monoisotopic (exact) mass is 738 g/mol. The van der Waals surface area contributed by atoms with Crippen LogP contribution in [-0.2, 0) is 20.9 Å². The average molecular weight is 739 g/mol. The number of carbonyl (C=O) groups is 3. The minimum atomic E-state index is -0.573. The van der Waals surface area contributed by atoms with Crippen molar-refractivity contribution in [3.8, 4) is 34.0 Å². The van der Waals surface area contributed by atoms with Crippen LogP contribution in [0.5, 0.6) is 11.5 Å². The lowest BCUT2D eigenvalue weighted by Gasteiger charge is -2.30. The van der Waals surface area contributed by atoms with E-state index in [-0.39, 0.29) is 24.4 Å². The quantitative estimate of drug-likeness (QED) is 0.150. The molecule has 14 heteroatoms. The Kier molecular flexibility index (Phi) is 12.1. The molecule has 0 bridgehead atoms. The molecular formula is C40H50N8O6. The number of nitrogens with zero attached hydrogens (tertiary/aromatic N) is 4. The fraction of sp³-hybridized carbons (Fsp3) is 0.425. The number of ether oxygens (including phenoxy) is 3. The van der Waals surface area contributed by atoms with Crippen LogP contribution in [0.4, 0.5) is 4.79 Å². The van der Waals surface area contributed by atoms with E-state index < -0.39 is 12.1 Å². The number of benzene rings is 2. The van der Waals surface area contributed by atoms with E-state index in [1.807, 2.05) is 31.1 Å². The second-order valence-electron chi connectivity index (χ2n) is 14.1. The Hall–Kier alpha value is -5.47. The number of nitrogens with one attached hydrogen (secondary N) is 3. The first-order valence-corrected chi connectivity index (χ1v) is 18.5. The van der Waals surface area contributed by atoms with Gasteiger partial charge in [-0.25, -0.2) is 14.8 Å². The van der Waals surface area contributed by atoms with Gasteiger partial charge in [-0.05, 0) is 50.9 Å². The number of imidazole rings is 2. The molecule has 14 nitrogen and oxygen atoms in total. The SMILES string of the molecule is CCCN(C)Cc1ncc(-c2ccc3c(c2)OCC2=C3COc3cc(-c4cnc(C5CCCN5C(=O)CN)[nH]4)ccc32)[nH]1.COC(=O)NC(C=O)C(C)C. The zero-order valence-corrected chi connectivity index (χ0v) is 31.6. The molecule has 3 aliphatic heterocycles. The number of amides is 2. The van der Waals surface area contributed by atoms with E-state index in [0.29, 0.717) is 26.0 Å². The third kappa shape index (κ3) is 8.34. The van der Waals surface area contributed by atoms with Crippen LogP contribution in [0.1, 0.15) is 68.9 Å². The number of H-pyrrole nitrogens is 2. The highest BCUT2D eigenvalue weighted by Crippen LogP contribution is 2.45. The first kappa shape index (κ1) is 38.3. The van der Waals surface area contributed by atoms with Crippen molar-refractivity contribution in [3.05, 3.63) is 71.6 Å². The van der Waals surface area contributed by atoms with Crippen LogP contribution in [0.3, 0.4) is 0 Å². The van der Waals surface area contributed by atoms with Crippen molar-refractivity contribution in [1.29, 1.82) is 0 Å². The van der Waals surface area contributed by atoms with E-state index in [2.05, 4.69) is 85.3 Å². The molecule has 1 saturated heterocycles. The number of carbonyl (C=O) groups excluding carboxylic acids is 3. The molecule has 1 fully saturated rings. The molecule has 0 saturated carbocycles. The first-order chi connectivity index (χ1) is 26.1. The number of aromatic amines is 2. The van der Waals surface area contributed by atoms with Gasteiger partial charge in [-0.1, -0.05) is 45.0 Å².